The van der Waals surface area contributed by atoms with Crippen LogP contribution in [0.4, 0.5) is 5.69 Å². The largest absolute Gasteiger partial charge is 0.394 e. The van der Waals surface area contributed by atoms with Gasteiger partial charge in [-0.1, -0.05) is 69.3 Å². The second-order valence-electron chi connectivity index (χ2n) is 14.5. The van der Waals surface area contributed by atoms with E-state index in [1.165, 1.54) is 0 Å². The van der Waals surface area contributed by atoms with Crippen molar-refractivity contribution in [1.29, 1.82) is 0 Å². The molecule has 8 heteroatoms. The summed E-state index contributed by atoms with van der Waals surface area (Å²) in [5.41, 5.74) is 1.14. The fraction of sp³-hybridized carbons (Fsp3) is 0.559. The second-order valence-corrected chi connectivity index (χ2v) is 16.4. The molecule has 42 heavy (non-hydrogen) atoms. The lowest BCUT2D eigenvalue weighted by molar-refractivity contribution is -0.143. The van der Waals surface area contributed by atoms with Gasteiger partial charge >= 0.3 is 0 Å². The van der Waals surface area contributed by atoms with Gasteiger partial charge in [0.05, 0.1) is 29.2 Å². The monoisotopic (exact) mass is 591 g/mol. The molecule has 3 aliphatic rings. The topological polar surface area (TPSA) is 98.7 Å². The van der Waals surface area contributed by atoms with Gasteiger partial charge in [-0.05, 0) is 69.6 Å². The highest BCUT2D eigenvalue weighted by Gasteiger charge is 2.77. The Balaban J connectivity index is 1.54. The van der Waals surface area contributed by atoms with Crippen LogP contribution in [0.3, 0.4) is 0 Å². The summed E-state index contributed by atoms with van der Waals surface area (Å²) in [5, 5.41) is 17.1. The third-order valence-electron chi connectivity index (χ3n) is 9.14. The van der Waals surface area contributed by atoms with Gasteiger partial charge in [-0.15, -0.1) is 11.8 Å². The standard InChI is InChI=1S/C34H45N3O4S/c1-31(2,3)21-32(4,5)36-29(40)27-34-18-17-33(6,42-34)25(28(39)35-23-15-11-8-12-16-23)26(34)30(41)37(27)24(20-38)19-22-13-9-7-10-14-22/h7-16,24-27,38H,17-21H2,1-6H3,(H,35,39)(H,36,40)/t24-,25-,26+,27?,33+,34?/m1/s1. The molecule has 3 aliphatic heterocycles. The van der Waals surface area contributed by atoms with Gasteiger partial charge in [0.2, 0.25) is 17.7 Å². The molecule has 0 aromatic heterocycles. The molecule has 2 aromatic rings. The molecule has 7 nitrogen and oxygen atoms in total. The number of rotatable bonds is 9. The predicted octanol–water partition coefficient (Wildman–Crippen LogP) is 5.04. The maximum atomic E-state index is 14.6. The summed E-state index contributed by atoms with van der Waals surface area (Å²) in [7, 11) is 0. The highest BCUT2D eigenvalue weighted by atomic mass is 32.2. The second kappa shape index (κ2) is 11.0. The normalized spacial score (nSPS) is 29.4. The van der Waals surface area contributed by atoms with Gasteiger partial charge < -0.3 is 20.6 Å². The molecule has 1 spiro atoms. The van der Waals surface area contributed by atoms with E-state index in [9.17, 15) is 19.5 Å². The molecule has 2 unspecified atom stereocenters. The highest BCUT2D eigenvalue weighted by Crippen LogP contribution is 2.71. The van der Waals surface area contributed by atoms with Gasteiger partial charge in [0, 0.05) is 16.0 Å². The van der Waals surface area contributed by atoms with Crippen molar-refractivity contribution in [3.05, 3.63) is 66.2 Å². The lowest BCUT2D eigenvalue weighted by Crippen LogP contribution is -2.60. The molecule has 0 radical (unpaired) electrons. The molecule has 0 aliphatic carbocycles. The van der Waals surface area contributed by atoms with Crippen LogP contribution >= 0.6 is 11.8 Å². The van der Waals surface area contributed by atoms with Crippen LogP contribution in [0.5, 0.6) is 0 Å². The van der Waals surface area contributed by atoms with Crippen molar-refractivity contribution in [2.75, 3.05) is 11.9 Å². The van der Waals surface area contributed by atoms with Crippen molar-refractivity contribution in [2.24, 2.45) is 17.3 Å². The number of fused-ring (bicyclic) bond motifs is 1. The number of hydrogen-bond donors (Lipinski definition) is 3. The van der Waals surface area contributed by atoms with Crippen LogP contribution in [0, 0.1) is 17.3 Å². The first-order valence-corrected chi connectivity index (χ1v) is 15.9. The number of thioether (sulfide) groups is 1. The molecular formula is C34H45N3O4S. The van der Waals surface area contributed by atoms with E-state index in [0.29, 0.717) is 18.5 Å². The third-order valence-corrected chi connectivity index (χ3v) is 11.1. The van der Waals surface area contributed by atoms with Gasteiger partial charge in [0.1, 0.15) is 6.04 Å². The van der Waals surface area contributed by atoms with Crippen LogP contribution in [-0.4, -0.2) is 61.5 Å². The quantitative estimate of drug-likeness (QED) is 0.380. The van der Waals surface area contributed by atoms with E-state index in [-0.39, 0.29) is 29.7 Å². The smallest absolute Gasteiger partial charge is 0.244 e. The molecule has 3 heterocycles. The number of amides is 3. The van der Waals surface area contributed by atoms with Crippen LogP contribution in [-0.2, 0) is 20.8 Å². The Kier molecular flexibility index (Phi) is 8.03. The number of carbonyl (C=O) groups excluding carboxylic acids is 3. The van der Waals surface area contributed by atoms with E-state index in [1.54, 1.807) is 16.7 Å². The fourth-order valence-electron chi connectivity index (χ4n) is 8.11. The lowest BCUT2D eigenvalue weighted by atomic mass is 9.66. The Morgan fingerprint density at radius 2 is 1.62 bits per heavy atom. The maximum Gasteiger partial charge on any atom is 0.244 e. The summed E-state index contributed by atoms with van der Waals surface area (Å²) in [4.78, 5) is 44.7. The number of likely N-dealkylation sites (tertiary alicyclic amines) is 1. The molecule has 3 N–H and O–H groups in total. The van der Waals surface area contributed by atoms with Crippen molar-refractivity contribution >= 4 is 35.2 Å². The van der Waals surface area contributed by atoms with Gasteiger partial charge in [-0.2, -0.15) is 0 Å². The van der Waals surface area contributed by atoms with E-state index in [0.717, 1.165) is 18.4 Å². The number of aliphatic hydroxyl groups excluding tert-OH is 1. The summed E-state index contributed by atoms with van der Waals surface area (Å²) in [5.74, 6) is -1.84. The molecule has 6 atom stereocenters. The molecular weight excluding hydrogens is 546 g/mol. The molecule has 226 valence electrons. The zero-order valence-corrected chi connectivity index (χ0v) is 26.5. The molecule has 3 saturated heterocycles. The first kappa shape index (κ1) is 30.6. The Labute approximate surface area is 254 Å². The van der Waals surface area contributed by atoms with Crippen LogP contribution in [0.2, 0.25) is 0 Å². The summed E-state index contributed by atoms with van der Waals surface area (Å²) < 4.78 is -1.23. The van der Waals surface area contributed by atoms with Gasteiger partial charge in [0.15, 0.2) is 0 Å². The SMILES string of the molecule is CC(C)(C)CC(C)(C)NC(=O)C1N([C@@H](CO)Cc2ccccc2)C(=O)[C@@H]2[C@H](C(=O)Nc3ccccc3)[C@]3(C)CCC12S3. The van der Waals surface area contributed by atoms with E-state index in [1.807, 2.05) is 74.5 Å². The first-order chi connectivity index (χ1) is 19.7. The van der Waals surface area contributed by atoms with Crippen molar-refractivity contribution in [1.82, 2.24) is 10.2 Å². The zero-order valence-electron chi connectivity index (χ0n) is 25.6. The molecule has 0 saturated carbocycles. The van der Waals surface area contributed by atoms with Gasteiger partial charge in [-0.25, -0.2) is 0 Å². The minimum atomic E-state index is -0.795. The number of anilines is 1. The number of para-hydroxylation sites is 1. The maximum absolute atomic E-state index is 14.6. The number of aliphatic hydroxyl groups is 1. The third kappa shape index (κ3) is 5.60. The average Bonchev–Trinajstić information content (AvgIpc) is 3.47. The molecule has 3 amide bonds. The van der Waals surface area contributed by atoms with Crippen LogP contribution < -0.4 is 10.6 Å². The van der Waals surface area contributed by atoms with Crippen molar-refractivity contribution in [2.45, 2.75) is 94.3 Å². The highest BCUT2D eigenvalue weighted by molar-refractivity contribution is 8.02. The lowest BCUT2D eigenvalue weighted by Gasteiger charge is -2.40. The number of nitrogens with zero attached hydrogens (tertiary/aromatic N) is 1. The van der Waals surface area contributed by atoms with Crippen LogP contribution in [0.1, 0.15) is 66.4 Å². The van der Waals surface area contributed by atoms with E-state index in [4.69, 9.17) is 0 Å². The zero-order chi connectivity index (χ0) is 30.5. The van der Waals surface area contributed by atoms with Crippen molar-refractivity contribution in [3.8, 4) is 0 Å². The molecule has 2 aromatic carbocycles. The predicted molar refractivity (Wildman–Crippen MR) is 168 cm³/mol. The van der Waals surface area contributed by atoms with Crippen LogP contribution in [0.15, 0.2) is 60.7 Å². The molecule has 5 rings (SSSR count). The molecule has 2 bridgehead atoms. The number of hydrogen-bond acceptors (Lipinski definition) is 5. The Hall–Kier alpha value is -2.84. The first-order valence-electron chi connectivity index (χ1n) is 15.0. The fourth-order valence-corrected chi connectivity index (χ4v) is 10.5. The number of benzene rings is 2. The average molecular weight is 592 g/mol. The minimum absolute atomic E-state index is 0.0155. The van der Waals surface area contributed by atoms with E-state index in [2.05, 4.69) is 38.3 Å². The summed E-state index contributed by atoms with van der Waals surface area (Å²) in [6, 6.07) is 17.7. The summed E-state index contributed by atoms with van der Waals surface area (Å²) >= 11 is 1.65. The Bertz CT molecular complexity index is 1330. The van der Waals surface area contributed by atoms with Crippen molar-refractivity contribution < 1.29 is 19.5 Å². The Morgan fingerprint density at radius 3 is 2.21 bits per heavy atom. The Morgan fingerprint density at radius 1 is 1.00 bits per heavy atom. The summed E-state index contributed by atoms with van der Waals surface area (Å²) in [6.07, 6.45) is 2.57. The van der Waals surface area contributed by atoms with Crippen molar-refractivity contribution in [3.63, 3.8) is 0 Å². The van der Waals surface area contributed by atoms with Gasteiger partial charge in [0.25, 0.3) is 0 Å². The molecule has 3 fully saturated rings. The van der Waals surface area contributed by atoms with Gasteiger partial charge in [-0.3, -0.25) is 14.4 Å². The van der Waals surface area contributed by atoms with Crippen LogP contribution in [0.25, 0.3) is 0 Å². The van der Waals surface area contributed by atoms with E-state index < -0.39 is 39.0 Å². The number of carbonyl (C=O) groups is 3. The number of nitrogens with one attached hydrogen (secondary N) is 2. The minimum Gasteiger partial charge on any atom is -0.394 e. The summed E-state index contributed by atoms with van der Waals surface area (Å²) in [6.45, 7) is 12.3. The van der Waals surface area contributed by atoms with E-state index >= 15 is 0 Å².